The number of H-pyrrole nitrogens is 1. The third-order valence-corrected chi connectivity index (χ3v) is 4.03. The van der Waals surface area contributed by atoms with Gasteiger partial charge in [-0.15, -0.1) is 0 Å². The van der Waals surface area contributed by atoms with Crippen molar-refractivity contribution in [2.75, 3.05) is 6.61 Å². The number of aliphatic hydroxyl groups excluding tert-OH is 1. The van der Waals surface area contributed by atoms with Gasteiger partial charge in [0.1, 0.15) is 0 Å². The third kappa shape index (κ3) is 2.54. The molecule has 1 atom stereocenters. The van der Waals surface area contributed by atoms with E-state index >= 15 is 0 Å². The van der Waals surface area contributed by atoms with E-state index in [1.54, 1.807) is 24.3 Å². The fourth-order valence-corrected chi connectivity index (χ4v) is 2.50. The number of nitrogens with zero attached hydrogens (tertiary/aromatic N) is 1. The highest BCUT2D eigenvalue weighted by Crippen LogP contribution is 2.39. The minimum Gasteiger partial charge on any atom is -0.394 e. The van der Waals surface area contributed by atoms with Crippen molar-refractivity contribution in [2.45, 2.75) is 25.3 Å². The Bertz CT molecular complexity index is 751. The standard InChI is InChI=1S/C15H17N3O3/c1-15(8-19,9-6-7-9)18-14(21)12-16-11-5-3-2-4-10(11)13(20)17-12/h2-5,9,19H,6-8H2,1H3,(H,18,21)(H,16,17,20). The second kappa shape index (κ2) is 4.96. The third-order valence-electron chi connectivity index (χ3n) is 4.03. The van der Waals surface area contributed by atoms with Gasteiger partial charge in [0.05, 0.1) is 23.0 Å². The molecule has 1 aromatic carbocycles. The molecule has 0 spiro atoms. The van der Waals surface area contributed by atoms with Crippen LogP contribution in [0.2, 0.25) is 0 Å². The average Bonchev–Trinajstić information content (AvgIpc) is 3.32. The Hall–Kier alpha value is -2.21. The van der Waals surface area contributed by atoms with Crippen LogP contribution in [0.5, 0.6) is 0 Å². The number of rotatable bonds is 4. The van der Waals surface area contributed by atoms with E-state index in [-0.39, 0.29) is 23.9 Å². The topological polar surface area (TPSA) is 95.1 Å². The Balaban J connectivity index is 1.93. The Morgan fingerprint density at radius 1 is 1.48 bits per heavy atom. The molecule has 2 aromatic rings. The van der Waals surface area contributed by atoms with Crippen molar-refractivity contribution in [1.82, 2.24) is 15.3 Å². The lowest BCUT2D eigenvalue weighted by atomic mass is 9.97. The summed E-state index contributed by atoms with van der Waals surface area (Å²) in [6, 6.07) is 6.85. The number of aromatic nitrogens is 2. The number of para-hydroxylation sites is 1. The second-order valence-corrected chi connectivity index (χ2v) is 5.74. The molecule has 6 heteroatoms. The summed E-state index contributed by atoms with van der Waals surface area (Å²) in [7, 11) is 0. The monoisotopic (exact) mass is 287 g/mol. The summed E-state index contributed by atoms with van der Waals surface area (Å²) in [5.41, 5.74) is -0.534. The van der Waals surface area contributed by atoms with E-state index in [4.69, 9.17) is 0 Å². The highest BCUT2D eigenvalue weighted by atomic mass is 16.3. The quantitative estimate of drug-likeness (QED) is 0.775. The molecular formula is C15H17N3O3. The van der Waals surface area contributed by atoms with Crippen LogP contribution >= 0.6 is 0 Å². The molecular weight excluding hydrogens is 270 g/mol. The minimum atomic E-state index is -0.665. The van der Waals surface area contributed by atoms with Crippen molar-refractivity contribution in [3.05, 3.63) is 40.4 Å². The molecule has 1 heterocycles. The number of benzene rings is 1. The Morgan fingerprint density at radius 3 is 2.86 bits per heavy atom. The van der Waals surface area contributed by atoms with Crippen molar-refractivity contribution < 1.29 is 9.90 Å². The maximum Gasteiger partial charge on any atom is 0.287 e. The fraction of sp³-hybridized carbons (Fsp3) is 0.400. The zero-order valence-corrected chi connectivity index (χ0v) is 11.7. The van der Waals surface area contributed by atoms with Crippen LogP contribution in [0.3, 0.4) is 0 Å². The highest BCUT2D eigenvalue weighted by molar-refractivity contribution is 5.93. The Morgan fingerprint density at radius 2 is 2.19 bits per heavy atom. The van der Waals surface area contributed by atoms with Gasteiger partial charge in [0, 0.05) is 0 Å². The maximum absolute atomic E-state index is 12.3. The zero-order chi connectivity index (χ0) is 15.0. The first kappa shape index (κ1) is 13.8. The first-order valence-electron chi connectivity index (χ1n) is 6.96. The van der Waals surface area contributed by atoms with Crippen LogP contribution < -0.4 is 10.9 Å². The van der Waals surface area contributed by atoms with E-state index in [9.17, 15) is 14.7 Å². The number of carbonyl (C=O) groups excluding carboxylic acids is 1. The van der Waals surface area contributed by atoms with Gasteiger partial charge in [-0.25, -0.2) is 4.98 Å². The second-order valence-electron chi connectivity index (χ2n) is 5.74. The summed E-state index contributed by atoms with van der Waals surface area (Å²) < 4.78 is 0. The van der Waals surface area contributed by atoms with E-state index in [1.165, 1.54) is 0 Å². The first-order valence-corrected chi connectivity index (χ1v) is 6.96. The number of hydrogen-bond donors (Lipinski definition) is 3. The molecule has 0 saturated heterocycles. The molecule has 0 radical (unpaired) electrons. The molecule has 1 fully saturated rings. The Kier molecular flexibility index (Phi) is 3.25. The highest BCUT2D eigenvalue weighted by Gasteiger charge is 2.42. The van der Waals surface area contributed by atoms with Gasteiger partial charge in [0.15, 0.2) is 5.82 Å². The molecule has 1 amide bonds. The minimum absolute atomic E-state index is 0.0287. The van der Waals surface area contributed by atoms with Crippen molar-refractivity contribution in [1.29, 1.82) is 0 Å². The van der Waals surface area contributed by atoms with Gasteiger partial charge in [0.25, 0.3) is 11.5 Å². The van der Waals surface area contributed by atoms with Crippen LogP contribution in [0.1, 0.15) is 30.4 Å². The number of amides is 1. The summed E-state index contributed by atoms with van der Waals surface area (Å²) in [6.07, 6.45) is 1.97. The molecule has 1 aliphatic rings. The van der Waals surface area contributed by atoms with E-state index in [0.717, 1.165) is 12.8 Å². The first-order chi connectivity index (χ1) is 10.0. The predicted octanol–water partition coefficient (Wildman–Crippen LogP) is 0.814. The summed E-state index contributed by atoms with van der Waals surface area (Å²) >= 11 is 0. The van der Waals surface area contributed by atoms with Gasteiger partial charge in [-0.1, -0.05) is 12.1 Å². The molecule has 1 aromatic heterocycles. The predicted molar refractivity (Wildman–Crippen MR) is 78.0 cm³/mol. The number of fused-ring (bicyclic) bond motifs is 1. The van der Waals surface area contributed by atoms with Crippen molar-refractivity contribution in [3.63, 3.8) is 0 Å². The molecule has 110 valence electrons. The molecule has 6 nitrogen and oxygen atoms in total. The normalized spacial score (nSPS) is 17.4. The summed E-state index contributed by atoms with van der Waals surface area (Å²) in [5.74, 6) is -0.223. The zero-order valence-electron chi connectivity index (χ0n) is 11.7. The molecule has 1 unspecified atom stereocenters. The average molecular weight is 287 g/mol. The van der Waals surface area contributed by atoms with E-state index in [1.807, 2.05) is 6.92 Å². The lowest BCUT2D eigenvalue weighted by molar-refractivity contribution is 0.0814. The largest absolute Gasteiger partial charge is 0.394 e. The van der Waals surface area contributed by atoms with Crippen molar-refractivity contribution in [3.8, 4) is 0 Å². The summed E-state index contributed by atoms with van der Waals surface area (Å²) in [6.45, 7) is 1.67. The summed E-state index contributed by atoms with van der Waals surface area (Å²) in [5, 5.41) is 12.7. The van der Waals surface area contributed by atoms with Crippen LogP contribution in [0, 0.1) is 5.92 Å². The smallest absolute Gasteiger partial charge is 0.287 e. The Labute approximate surface area is 121 Å². The number of carbonyl (C=O) groups is 1. The van der Waals surface area contributed by atoms with E-state index in [0.29, 0.717) is 10.9 Å². The molecule has 21 heavy (non-hydrogen) atoms. The van der Waals surface area contributed by atoms with Crippen LogP contribution in [0.25, 0.3) is 10.9 Å². The number of nitrogens with one attached hydrogen (secondary N) is 2. The van der Waals surface area contributed by atoms with Crippen LogP contribution in [-0.4, -0.2) is 33.1 Å². The van der Waals surface area contributed by atoms with Crippen LogP contribution in [0.15, 0.2) is 29.1 Å². The molecule has 1 aliphatic carbocycles. The number of hydrogen-bond acceptors (Lipinski definition) is 4. The fourth-order valence-electron chi connectivity index (χ4n) is 2.50. The van der Waals surface area contributed by atoms with Gasteiger partial charge in [-0.2, -0.15) is 0 Å². The lowest BCUT2D eigenvalue weighted by Gasteiger charge is -2.28. The van der Waals surface area contributed by atoms with Crippen molar-refractivity contribution >= 4 is 16.8 Å². The number of aromatic amines is 1. The lowest BCUT2D eigenvalue weighted by Crippen LogP contribution is -2.51. The van der Waals surface area contributed by atoms with Crippen LogP contribution in [0.4, 0.5) is 0 Å². The van der Waals surface area contributed by atoms with Gasteiger partial charge in [0.2, 0.25) is 0 Å². The molecule has 3 N–H and O–H groups in total. The van der Waals surface area contributed by atoms with Gasteiger partial charge in [-0.05, 0) is 37.8 Å². The molecule has 1 saturated carbocycles. The molecule has 0 bridgehead atoms. The van der Waals surface area contributed by atoms with Crippen LogP contribution in [-0.2, 0) is 0 Å². The SMILES string of the molecule is CC(CO)(NC(=O)c1nc2ccccc2c(=O)[nH]1)C1CC1. The molecule has 3 rings (SSSR count). The van der Waals surface area contributed by atoms with Crippen molar-refractivity contribution in [2.24, 2.45) is 5.92 Å². The maximum atomic E-state index is 12.3. The van der Waals surface area contributed by atoms with Gasteiger partial charge in [-0.3, -0.25) is 9.59 Å². The number of aliphatic hydroxyl groups is 1. The van der Waals surface area contributed by atoms with Gasteiger partial charge >= 0.3 is 0 Å². The van der Waals surface area contributed by atoms with Gasteiger partial charge < -0.3 is 15.4 Å². The summed E-state index contributed by atoms with van der Waals surface area (Å²) in [4.78, 5) is 30.9. The molecule has 0 aliphatic heterocycles. The van der Waals surface area contributed by atoms with E-state index in [2.05, 4.69) is 15.3 Å². The van der Waals surface area contributed by atoms with E-state index < -0.39 is 11.4 Å².